The molecule has 2 heterocycles. The van der Waals surface area contributed by atoms with Gasteiger partial charge in [0, 0.05) is 21.7 Å². The maximum absolute atomic E-state index is 5.90. The lowest BCUT2D eigenvalue weighted by molar-refractivity contribution is 0.267. The molecule has 0 aliphatic rings. The second-order valence-electron chi connectivity index (χ2n) is 4.60. The summed E-state index contributed by atoms with van der Waals surface area (Å²) in [5.74, 6) is 1.05. The van der Waals surface area contributed by atoms with E-state index in [0.29, 0.717) is 24.0 Å². The second-order valence-corrected chi connectivity index (χ2v) is 6.37. The third-order valence-corrected chi connectivity index (χ3v) is 4.68. The van der Waals surface area contributed by atoms with Crippen LogP contribution in [-0.2, 0) is 5.41 Å². The zero-order chi connectivity index (χ0) is 14.8. The average Bonchev–Trinajstić information content (AvgIpc) is 2.91. The Bertz CT molecular complexity index is 588. The van der Waals surface area contributed by atoms with Crippen molar-refractivity contribution in [1.82, 2.24) is 15.1 Å². The van der Waals surface area contributed by atoms with Crippen LogP contribution in [0, 0.1) is 0 Å². The first kappa shape index (κ1) is 15.6. The van der Waals surface area contributed by atoms with Gasteiger partial charge in [-0.05, 0) is 50.8 Å². The molecule has 20 heavy (non-hydrogen) atoms. The number of nitrogens with two attached hydrogens (primary N) is 1. The van der Waals surface area contributed by atoms with E-state index in [4.69, 9.17) is 10.3 Å². The van der Waals surface area contributed by atoms with Gasteiger partial charge in [-0.25, -0.2) is 0 Å². The summed E-state index contributed by atoms with van der Waals surface area (Å²) in [7, 11) is 0. The highest BCUT2D eigenvalue weighted by molar-refractivity contribution is 9.11. The molecule has 0 bridgehead atoms. The van der Waals surface area contributed by atoms with Crippen molar-refractivity contribution in [2.75, 3.05) is 6.54 Å². The van der Waals surface area contributed by atoms with E-state index in [1.165, 1.54) is 0 Å². The van der Waals surface area contributed by atoms with Gasteiger partial charge in [-0.3, -0.25) is 4.98 Å². The van der Waals surface area contributed by atoms with E-state index < -0.39 is 0 Å². The first-order valence-electron chi connectivity index (χ1n) is 6.42. The van der Waals surface area contributed by atoms with Gasteiger partial charge in [0.05, 0.1) is 5.41 Å². The molecule has 0 saturated heterocycles. The monoisotopic (exact) mass is 402 g/mol. The fraction of sp³-hybridized carbons (Fsp3) is 0.462. The molecule has 0 fully saturated rings. The van der Waals surface area contributed by atoms with Crippen LogP contribution in [0.5, 0.6) is 0 Å². The minimum atomic E-state index is -0.257. The third kappa shape index (κ3) is 2.80. The number of hydrogen-bond acceptors (Lipinski definition) is 5. The molecule has 0 aromatic carbocycles. The van der Waals surface area contributed by atoms with Crippen molar-refractivity contribution in [3.63, 3.8) is 0 Å². The highest BCUT2D eigenvalue weighted by Gasteiger charge is 2.33. The van der Waals surface area contributed by atoms with Gasteiger partial charge in [0.1, 0.15) is 5.69 Å². The summed E-state index contributed by atoms with van der Waals surface area (Å²) in [6.07, 6.45) is 3.42. The van der Waals surface area contributed by atoms with Crippen molar-refractivity contribution in [3.8, 4) is 11.5 Å². The van der Waals surface area contributed by atoms with E-state index in [-0.39, 0.29) is 5.41 Å². The van der Waals surface area contributed by atoms with E-state index in [2.05, 4.69) is 60.8 Å². The van der Waals surface area contributed by atoms with Gasteiger partial charge in [0.25, 0.3) is 0 Å². The highest BCUT2D eigenvalue weighted by Crippen LogP contribution is 2.32. The first-order valence-corrected chi connectivity index (χ1v) is 8.00. The molecule has 0 aliphatic carbocycles. The lowest BCUT2D eigenvalue weighted by Gasteiger charge is -2.24. The van der Waals surface area contributed by atoms with Crippen LogP contribution in [0.4, 0.5) is 0 Å². The number of aromatic nitrogens is 3. The average molecular weight is 404 g/mol. The normalized spacial score (nSPS) is 11.8. The number of pyridine rings is 1. The Morgan fingerprint density at radius 2 is 2.00 bits per heavy atom. The molecule has 2 aromatic rings. The summed E-state index contributed by atoms with van der Waals surface area (Å²) < 4.78 is 7.12. The standard InChI is InChI=1S/C13H16Br2N4O/c1-3-13(4-2,7-16)12-18-11(19-20-12)10-9(15)5-8(14)6-17-10/h5-6H,3-4,7,16H2,1-2H3. The predicted molar refractivity (Wildman–Crippen MR) is 84.2 cm³/mol. The van der Waals surface area contributed by atoms with Crippen molar-refractivity contribution in [1.29, 1.82) is 0 Å². The van der Waals surface area contributed by atoms with Gasteiger partial charge in [0.15, 0.2) is 0 Å². The summed E-state index contributed by atoms with van der Waals surface area (Å²) in [6, 6.07) is 1.90. The van der Waals surface area contributed by atoms with Crippen LogP contribution in [0.3, 0.4) is 0 Å². The van der Waals surface area contributed by atoms with Gasteiger partial charge in [-0.1, -0.05) is 19.0 Å². The molecule has 0 aliphatic heterocycles. The van der Waals surface area contributed by atoms with E-state index in [1.807, 2.05) is 6.07 Å². The lowest BCUT2D eigenvalue weighted by Crippen LogP contribution is -2.34. The number of halogens is 2. The largest absolute Gasteiger partial charge is 0.338 e. The Balaban J connectivity index is 2.42. The van der Waals surface area contributed by atoms with E-state index in [9.17, 15) is 0 Å². The quantitative estimate of drug-likeness (QED) is 0.823. The fourth-order valence-electron chi connectivity index (χ4n) is 2.04. The van der Waals surface area contributed by atoms with Crippen LogP contribution in [0.15, 0.2) is 25.7 Å². The van der Waals surface area contributed by atoms with E-state index in [0.717, 1.165) is 21.8 Å². The molecule has 0 spiro atoms. The van der Waals surface area contributed by atoms with E-state index >= 15 is 0 Å². The van der Waals surface area contributed by atoms with Gasteiger partial charge in [0.2, 0.25) is 11.7 Å². The Kier molecular flexibility index (Phi) is 4.93. The lowest BCUT2D eigenvalue weighted by atomic mass is 9.82. The smallest absolute Gasteiger partial charge is 0.234 e. The molecule has 5 nitrogen and oxygen atoms in total. The summed E-state index contributed by atoms with van der Waals surface area (Å²) in [5, 5.41) is 4.04. The Hall–Kier alpha value is -0.790. The van der Waals surface area contributed by atoms with Gasteiger partial charge >= 0.3 is 0 Å². The summed E-state index contributed by atoms with van der Waals surface area (Å²) in [5.41, 5.74) is 6.30. The first-order chi connectivity index (χ1) is 9.56. The number of rotatable bonds is 5. The van der Waals surface area contributed by atoms with Crippen molar-refractivity contribution in [2.24, 2.45) is 5.73 Å². The Morgan fingerprint density at radius 1 is 1.30 bits per heavy atom. The molecule has 2 rings (SSSR count). The number of nitrogens with zero attached hydrogens (tertiary/aromatic N) is 3. The summed E-state index contributed by atoms with van der Waals surface area (Å²) in [6.45, 7) is 4.64. The molecule has 0 radical (unpaired) electrons. The molecule has 7 heteroatoms. The fourth-order valence-corrected chi connectivity index (χ4v) is 3.21. The minimum Gasteiger partial charge on any atom is -0.338 e. The topological polar surface area (TPSA) is 77.8 Å². The molecule has 0 unspecified atom stereocenters. The van der Waals surface area contributed by atoms with Crippen LogP contribution in [0.2, 0.25) is 0 Å². The maximum atomic E-state index is 5.90. The SMILES string of the molecule is CCC(CC)(CN)c1nc(-c2ncc(Br)cc2Br)no1. The van der Waals surface area contributed by atoms with Crippen LogP contribution < -0.4 is 5.73 Å². The molecule has 0 atom stereocenters. The molecule has 2 N–H and O–H groups in total. The predicted octanol–water partition coefficient (Wildman–Crippen LogP) is 3.67. The highest BCUT2D eigenvalue weighted by atomic mass is 79.9. The molecule has 0 amide bonds. The van der Waals surface area contributed by atoms with Crippen molar-refractivity contribution >= 4 is 31.9 Å². The summed E-state index contributed by atoms with van der Waals surface area (Å²) >= 11 is 6.82. The molecular formula is C13H16Br2N4O. The minimum absolute atomic E-state index is 0.257. The second kappa shape index (κ2) is 6.32. The van der Waals surface area contributed by atoms with Crippen molar-refractivity contribution in [2.45, 2.75) is 32.1 Å². The molecular weight excluding hydrogens is 388 g/mol. The van der Waals surface area contributed by atoms with Crippen molar-refractivity contribution < 1.29 is 4.52 Å². The molecule has 0 saturated carbocycles. The molecule has 108 valence electrons. The van der Waals surface area contributed by atoms with Gasteiger partial charge < -0.3 is 10.3 Å². The van der Waals surface area contributed by atoms with Crippen LogP contribution in [-0.4, -0.2) is 21.7 Å². The summed E-state index contributed by atoms with van der Waals surface area (Å²) in [4.78, 5) is 8.80. The van der Waals surface area contributed by atoms with Crippen LogP contribution in [0.25, 0.3) is 11.5 Å². The Labute approximate surface area is 134 Å². The van der Waals surface area contributed by atoms with Crippen LogP contribution in [0.1, 0.15) is 32.6 Å². The van der Waals surface area contributed by atoms with E-state index in [1.54, 1.807) is 6.20 Å². The number of hydrogen-bond donors (Lipinski definition) is 1. The zero-order valence-electron chi connectivity index (χ0n) is 11.4. The van der Waals surface area contributed by atoms with Gasteiger partial charge in [-0.2, -0.15) is 4.98 Å². The maximum Gasteiger partial charge on any atom is 0.234 e. The Morgan fingerprint density at radius 3 is 2.55 bits per heavy atom. The van der Waals surface area contributed by atoms with Gasteiger partial charge in [-0.15, -0.1) is 0 Å². The van der Waals surface area contributed by atoms with Crippen LogP contribution >= 0.6 is 31.9 Å². The molecule has 2 aromatic heterocycles. The third-order valence-electron chi connectivity index (χ3n) is 3.64. The van der Waals surface area contributed by atoms with Crippen molar-refractivity contribution in [3.05, 3.63) is 27.1 Å². The zero-order valence-corrected chi connectivity index (χ0v) is 14.5.